The fraction of sp³-hybridized carbons (Fsp3) is 0.636. The summed E-state index contributed by atoms with van der Waals surface area (Å²) in [6, 6.07) is 1.82. The van der Waals surface area contributed by atoms with Crippen molar-refractivity contribution >= 4 is 21.2 Å². The third-order valence-corrected chi connectivity index (χ3v) is 5.58. The second-order valence-electron chi connectivity index (χ2n) is 3.95. The highest BCUT2D eigenvalue weighted by molar-refractivity contribution is 7.91. The number of methoxy groups -OCH3 is 1. The Hall–Kier alpha value is -0.630. The molecule has 1 unspecified atom stereocenters. The van der Waals surface area contributed by atoms with Crippen LogP contribution in [0.5, 0.6) is 5.75 Å². The van der Waals surface area contributed by atoms with Crippen molar-refractivity contribution in [3.8, 4) is 5.75 Å². The van der Waals surface area contributed by atoms with Crippen LogP contribution >= 0.6 is 11.3 Å². The zero-order valence-electron chi connectivity index (χ0n) is 10.7. The molecule has 1 aromatic heterocycles. The molecule has 0 saturated carbocycles. The summed E-state index contributed by atoms with van der Waals surface area (Å²) in [5.74, 6) is 6.71. The summed E-state index contributed by atoms with van der Waals surface area (Å²) < 4.78 is 28.0. The lowest BCUT2D eigenvalue weighted by atomic mass is 10.1. The minimum atomic E-state index is -2.90. The zero-order chi connectivity index (χ0) is 13.6. The third kappa shape index (κ3) is 4.24. The highest BCUT2D eigenvalue weighted by atomic mass is 32.2. The smallest absolute Gasteiger partial charge is 0.150 e. The van der Waals surface area contributed by atoms with Gasteiger partial charge in [-0.1, -0.05) is 6.92 Å². The van der Waals surface area contributed by atoms with Crippen molar-refractivity contribution in [3.05, 3.63) is 16.3 Å². The SMILES string of the molecule is CCS(=O)(=O)CCCC(NN)c1sccc1OC. The van der Waals surface area contributed by atoms with Gasteiger partial charge in [-0.3, -0.25) is 11.3 Å². The quantitative estimate of drug-likeness (QED) is 0.560. The molecule has 0 saturated heterocycles. The van der Waals surface area contributed by atoms with E-state index in [2.05, 4.69) is 5.43 Å². The van der Waals surface area contributed by atoms with Crippen molar-refractivity contribution in [2.75, 3.05) is 18.6 Å². The van der Waals surface area contributed by atoms with E-state index in [9.17, 15) is 8.42 Å². The molecule has 0 radical (unpaired) electrons. The van der Waals surface area contributed by atoms with Crippen LogP contribution in [0.25, 0.3) is 0 Å². The Balaban J connectivity index is 2.58. The second kappa shape index (κ2) is 7.08. The van der Waals surface area contributed by atoms with Crippen molar-refractivity contribution < 1.29 is 13.2 Å². The first-order chi connectivity index (χ1) is 8.54. The van der Waals surface area contributed by atoms with Crippen LogP contribution in [0.15, 0.2) is 11.4 Å². The van der Waals surface area contributed by atoms with Gasteiger partial charge in [0.15, 0.2) is 0 Å². The van der Waals surface area contributed by atoms with Gasteiger partial charge in [-0.25, -0.2) is 8.42 Å². The van der Waals surface area contributed by atoms with E-state index >= 15 is 0 Å². The van der Waals surface area contributed by atoms with Gasteiger partial charge in [0.25, 0.3) is 0 Å². The van der Waals surface area contributed by atoms with E-state index in [1.807, 2.05) is 11.4 Å². The predicted molar refractivity (Wildman–Crippen MR) is 74.5 cm³/mol. The molecule has 1 atom stereocenters. The average Bonchev–Trinajstić information content (AvgIpc) is 2.82. The Bertz CT molecular complexity index is 457. The van der Waals surface area contributed by atoms with Crippen LogP contribution in [0.2, 0.25) is 0 Å². The normalized spacial score (nSPS) is 13.5. The van der Waals surface area contributed by atoms with Crippen molar-refractivity contribution in [1.29, 1.82) is 0 Å². The monoisotopic (exact) mass is 292 g/mol. The van der Waals surface area contributed by atoms with Crippen LogP contribution < -0.4 is 16.0 Å². The third-order valence-electron chi connectivity index (χ3n) is 2.78. The Morgan fingerprint density at radius 2 is 2.28 bits per heavy atom. The van der Waals surface area contributed by atoms with Gasteiger partial charge in [0.05, 0.1) is 23.8 Å². The lowest BCUT2D eigenvalue weighted by Crippen LogP contribution is -2.28. The van der Waals surface area contributed by atoms with E-state index in [1.165, 1.54) is 0 Å². The van der Waals surface area contributed by atoms with Crippen LogP contribution in [-0.2, 0) is 9.84 Å². The largest absolute Gasteiger partial charge is 0.496 e. The van der Waals surface area contributed by atoms with Gasteiger partial charge in [0, 0.05) is 5.75 Å². The van der Waals surface area contributed by atoms with Crippen molar-refractivity contribution in [2.45, 2.75) is 25.8 Å². The summed E-state index contributed by atoms with van der Waals surface area (Å²) in [4.78, 5) is 1.01. The Morgan fingerprint density at radius 3 is 2.83 bits per heavy atom. The molecule has 0 aliphatic rings. The molecule has 3 N–H and O–H groups in total. The minimum Gasteiger partial charge on any atom is -0.496 e. The lowest BCUT2D eigenvalue weighted by molar-refractivity contribution is 0.400. The van der Waals surface area contributed by atoms with Gasteiger partial charge in [-0.15, -0.1) is 11.3 Å². The van der Waals surface area contributed by atoms with Crippen molar-refractivity contribution in [2.24, 2.45) is 5.84 Å². The van der Waals surface area contributed by atoms with Crippen LogP contribution in [0.3, 0.4) is 0 Å². The highest BCUT2D eigenvalue weighted by Gasteiger charge is 2.17. The molecule has 0 aromatic carbocycles. The molecular formula is C11H20N2O3S2. The summed E-state index contributed by atoms with van der Waals surface area (Å²) in [5, 5.41) is 1.93. The molecule has 5 nitrogen and oxygen atoms in total. The molecule has 0 fully saturated rings. The van der Waals surface area contributed by atoms with E-state index in [-0.39, 0.29) is 17.5 Å². The fourth-order valence-electron chi connectivity index (χ4n) is 1.67. The Labute approximate surface area is 112 Å². The lowest BCUT2D eigenvalue weighted by Gasteiger charge is -2.15. The molecule has 1 rings (SSSR count). The van der Waals surface area contributed by atoms with Crippen LogP contribution in [0.4, 0.5) is 0 Å². The fourth-order valence-corrected chi connectivity index (χ4v) is 3.52. The first kappa shape index (κ1) is 15.4. The van der Waals surface area contributed by atoms with E-state index < -0.39 is 9.84 Å². The number of ether oxygens (including phenoxy) is 1. The van der Waals surface area contributed by atoms with Gasteiger partial charge in [-0.05, 0) is 24.3 Å². The standard InChI is InChI=1S/C11H20N2O3S2/c1-3-18(14,15)8-4-5-9(13-12)11-10(16-2)6-7-17-11/h6-7,9,13H,3-5,8,12H2,1-2H3. The van der Waals surface area contributed by atoms with Gasteiger partial charge >= 0.3 is 0 Å². The number of rotatable bonds is 8. The number of hydrogen-bond donors (Lipinski definition) is 2. The molecule has 1 aromatic rings. The maximum absolute atomic E-state index is 11.4. The maximum atomic E-state index is 11.4. The van der Waals surface area contributed by atoms with Gasteiger partial charge in [-0.2, -0.15) is 0 Å². The van der Waals surface area contributed by atoms with Crippen molar-refractivity contribution in [3.63, 3.8) is 0 Å². The number of sulfone groups is 1. The van der Waals surface area contributed by atoms with Gasteiger partial charge in [0.2, 0.25) is 0 Å². The Kier molecular flexibility index (Phi) is 6.07. The predicted octanol–water partition coefficient (Wildman–Crippen LogP) is 1.48. The van der Waals surface area contributed by atoms with Gasteiger partial charge in [0.1, 0.15) is 15.6 Å². The summed E-state index contributed by atoms with van der Waals surface area (Å²) >= 11 is 1.55. The summed E-state index contributed by atoms with van der Waals surface area (Å²) in [5.41, 5.74) is 2.72. The molecule has 104 valence electrons. The topological polar surface area (TPSA) is 81.4 Å². The maximum Gasteiger partial charge on any atom is 0.150 e. The number of thiophene rings is 1. The second-order valence-corrected chi connectivity index (χ2v) is 7.37. The van der Waals surface area contributed by atoms with E-state index in [0.717, 1.165) is 10.6 Å². The molecule has 0 aliphatic carbocycles. The summed E-state index contributed by atoms with van der Waals surface area (Å²) in [6.45, 7) is 1.66. The van der Waals surface area contributed by atoms with E-state index in [1.54, 1.807) is 25.4 Å². The van der Waals surface area contributed by atoms with E-state index in [4.69, 9.17) is 10.6 Å². The number of hydrazine groups is 1. The molecule has 0 aliphatic heterocycles. The van der Waals surface area contributed by atoms with Crippen LogP contribution in [0, 0.1) is 0 Å². The number of nitrogens with one attached hydrogen (secondary N) is 1. The molecule has 1 heterocycles. The molecule has 0 bridgehead atoms. The number of hydrogen-bond acceptors (Lipinski definition) is 6. The number of nitrogens with two attached hydrogens (primary N) is 1. The minimum absolute atomic E-state index is 0.0630. The highest BCUT2D eigenvalue weighted by Crippen LogP contribution is 2.32. The molecule has 0 spiro atoms. The Morgan fingerprint density at radius 1 is 1.56 bits per heavy atom. The van der Waals surface area contributed by atoms with Crippen LogP contribution in [0.1, 0.15) is 30.7 Å². The zero-order valence-corrected chi connectivity index (χ0v) is 12.3. The molecule has 18 heavy (non-hydrogen) atoms. The summed E-state index contributed by atoms with van der Waals surface area (Å²) in [7, 11) is -1.29. The molecule has 7 heteroatoms. The van der Waals surface area contributed by atoms with E-state index in [0.29, 0.717) is 12.8 Å². The van der Waals surface area contributed by atoms with Gasteiger partial charge < -0.3 is 4.74 Å². The molecular weight excluding hydrogens is 272 g/mol. The van der Waals surface area contributed by atoms with Crippen molar-refractivity contribution in [1.82, 2.24) is 5.43 Å². The average molecular weight is 292 g/mol. The van der Waals surface area contributed by atoms with Crippen LogP contribution in [-0.4, -0.2) is 27.0 Å². The first-order valence-electron chi connectivity index (χ1n) is 5.82. The summed E-state index contributed by atoms with van der Waals surface area (Å²) in [6.07, 6.45) is 1.26. The molecule has 0 amide bonds. The first-order valence-corrected chi connectivity index (χ1v) is 8.52.